The number of hydrogen-bond acceptors (Lipinski definition) is 3. The van der Waals surface area contributed by atoms with Crippen LogP contribution in [0.15, 0.2) is 36.4 Å². The summed E-state index contributed by atoms with van der Waals surface area (Å²) in [6.07, 6.45) is 0.779. The summed E-state index contributed by atoms with van der Waals surface area (Å²) in [5.74, 6) is -0.212. The van der Waals surface area contributed by atoms with Gasteiger partial charge in [-0.15, -0.1) is 0 Å². The molecule has 2 aromatic rings. The van der Waals surface area contributed by atoms with Crippen molar-refractivity contribution in [1.82, 2.24) is 4.90 Å². The Labute approximate surface area is 162 Å². The molecule has 0 fully saturated rings. The lowest BCUT2D eigenvalue weighted by molar-refractivity contribution is -0.117. The number of carbonyl (C=O) groups is 2. The Morgan fingerprint density at radius 3 is 2.65 bits per heavy atom. The molecule has 1 aliphatic heterocycles. The molecular formula is C19H19Cl2N3O2. The molecular weight excluding hydrogens is 373 g/mol. The Kier molecular flexibility index (Phi) is 5.81. The van der Waals surface area contributed by atoms with Crippen molar-refractivity contribution in [3.63, 3.8) is 0 Å². The topological polar surface area (TPSA) is 61.4 Å². The maximum Gasteiger partial charge on any atom is 0.238 e. The molecule has 3 rings (SSSR count). The summed E-state index contributed by atoms with van der Waals surface area (Å²) in [5.41, 5.74) is 3.67. The number of carbonyl (C=O) groups excluding carboxylic acids is 2. The van der Waals surface area contributed by atoms with Crippen molar-refractivity contribution >= 4 is 46.4 Å². The summed E-state index contributed by atoms with van der Waals surface area (Å²) >= 11 is 12.0. The first-order valence-corrected chi connectivity index (χ1v) is 9.03. The summed E-state index contributed by atoms with van der Waals surface area (Å²) in [7, 11) is 0. The lowest BCUT2D eigenvalue weighted by atomic mass is 9.97. The third kappa shape index (κ3) is 4.55. The van der Waals surface area contributed by atoms with Crippen molar-refractivity contribution < 1.29 is 9.59 Å². The Bertz CT molecular complexity index is 855. The van der Waals surface area contributed by atoms with Crippen LogP contribution in [0.3, 0.4) is 0 Å². The number of hydrogen-bond donors (Lipinski definition) is 2. The van der Waals surface area contributed by atoms with Crippen LogP contribution in [0.25, 0.3) is 0 Å². The first-order chi connectivity index (χ1) is 12.4. The molecule has 2 N–H and O–H groups in total. The van der Waals surface area contributed by atoms with Crippen LogP contribution >= 0.6 is 23.2 Å². The van der Waals surface area contributed by atoms with Crippen molar-refractivity contribution in [3.05, 3.63) is 57.6 Å². The molecule has 0 spiro atoms. The summed E-state index contributed by atoms with van der Waals surface area (Å²) in [4.78, 5) is 25.7. The van der Waals surface area contributed by atoms with Crippen LogP contribution in [0, 0.1) is 0 Å². The Morgan fingerprint density at radius 1 is 1.12 bits per heavy atom. The number of nitrogens with one attached hydrogen (secondary N) is 2. The molecule has 2 amide bonds. The predicted octanol–water partition coefficient (Wildman–Crippen LogP) is 3.95. The fourth-order valence-electron chi connectivity index (χ4n) is 3.09. The van der Waals surface area contributed by atoms with E-state index in [2.05, 4.69) is 15.5 Å². The third-order valence-electron chi connectivity index (χ3n) is 4.23. The van der Waals surface area contributed by atoms with Gasteiger partial charge in [-0.3, -0.25) is 14.5 Å². The number of amides is 2. The first kappa shape index (κ1) is 18.7. The maximum absolute atomic E-state index is 12.3. The van der Waals surface area contributed by atoms with Crippen LogP contribution in [0.1, 0.15) is 18.1 Å². The van der Waals surface area contributed by atoms with E-state index in [1.165, 1.54) is 6.92 Å². The second-order valence-corrected chi connectivity index (χ2v) is 7.10. The fourth-order valence-corrected chi connectivity index (χ4v) is 3.55. The molecule has 26 heavy (non-hydrogen) atoms. The van der Waals surface area contributed by atoms with Gasteiger partial charge >= 0.3 is 0 Å². The quantitative estimate of drug-likeness (QED) is 0.829. The Balaban J connectivity index is 1.64. The minimum absolute atomic E-state index is 0.0833. The highest BCUT2D eigenvalue weighted by Crippen LogP contribution is 2.27. The summed E-state index contributed by atoms with van der Waals surface area (Å²) in [5, 5.41) is 6.62. The van der Waals surface area contributed by atoms with Crippen molar-refractivity contribution in [3.8, 4) is 0 Å². The van der Waals surface area contributed by atoms with Gasteiger partial charge in [-0.1, -0.05) is 35.3 Å². The SMILES string of the molecule is CC(=O)Nc1cccc2c1CCN(CC(=O)Nc1ccc(Cl)cc1Cl)C2. The van der Waals surface area contributed by atoms with Gasteiger partial charge in [-0.25, -0.2) is 0 Å². The Morgan fingerprint density at radius 2 is 1.92 bits per heavy atom. The van der Waals surface area contributed by atoms with E-state index in [0.29, 0.717) is 22.3 Å². The van der Waals surface area contributed by atoms with Crippen molar-refractivity contribution in [2.45, 2.75) is 19.9 Å². The van der Waals surface area contributed by atoms with E-state index >= 15 is 0 Å². The zero-order valence-corrected chi connectivity index (χ0v) is 15.8. The molecule has 0 radical (unpaired) electrons. The van der Waals surface area contributed by atoms with Gasteiger partial charge in [0.2, 0.25) is 11.8 Å². The lowest BCUT2D eigenvalue weighted by Gasteiger charge is -2.29. The number of rotatable bonds is 4. The van der Waals surface area contributed by atoms with Crippen LogP contribution in [0.5, 0.6) is 0 Å². The zero-order valence-electron chi connectivity index (χ0n) is 14.3. The van der Waals surface area contributed by atoms with E-state index in [4.69, 9.17) is 23.2 Å². The highest BCUT2D eigenvalue weighted by molar-refractivity contribution is 6.36. The molecule has 136 valence electrons. The molecule has 0 unspecified atom stereocenters. The van der Waals surface area contributed by atoms with E-state index in [9.17, 15) is 9.59 Å². The normalized spacial score (nSPS) is 13.8. The average molecular weight is 392 g/mol. The standard InChI is InChI=1S/C19H19Cl2N3O2/c1-12(25)22-17-4-2-3-13-10-24(8-7-15(13)17)11-19(26)23-18-6-5-14(20)9-16(18)21/h2-6,9H,7-8,10-11H2,1H3,(H,22,25)(H,23,26). The fraction of sp³-hybridized carbons (Fsp3) is 0.263. The van der Waals surface area contributed by atoms with Crippen molar-refractivity contribution in [2.24, 2.45) is 0 Å². The number of benzene rings is 2. The molecule has 1 aliphatic rings. The van der Waals surface area contributed by atoms with E-state index in [-0.39, 0.29) is 18.4 Å². The third-order valence-corrected chi connectivity index (χ3v) is 4.78. The van der Waals surface area contributed by atoms with E-state index in [0.717, 1.165) is 29.8 Å². The molecule has 0 aromatic heterocycles. The average Bonchev–Trinajstić information content (AvgIpc) is 2.57. The molecule has 5 nitrogen and oxygen atoms in total. The van der Waals surface area contributed by atoms with Crippen molar-refractivity contribution in [1.29, 1.82) is 0 Å². The van der Waals surface area contributed by atoms with Crippen LogP contribution in [0.2, 0.25) is 10.0 Å². The molecule has 7 heteroatoms. The summed E-state index contributed by atoms with van der Waals surface area (Å²) < 4.78 is 0. The first-order valence-electron chi connectivity index (χ1n) is 8.28. The van der Waals surface area contributed by atoms with Crippen LogP contribution in [0.4, 0.5) is 11.4 Å². The number of halogens is 2. The molecule has 0 aliphatic carbocycles. The predicted molar refractivity (Wildman–Crippen MR) is 105 cm³/mol. The maximum atomic E-state index is 12.3. The monoisotopic (exact) mass is 391 g/mol. The smallest absolute Gasteiger partial charge is 0.238 e. The highest BCUT2D eigenvalue weighted by atomic mass is 35.5. The van der Waals surface area contributed by atoms with Crippen LogP contribution < -0.4 is 10.6 Å². The van der Waals surface area contributed by atoms with Crippen LogP contribution in [-0.4, -0.2) is 29.8 Å². The number of nitrogens with zero attached hydrogens (tertiary/aromatic N) is 1. The molecule has 0 bridgehead atoms. The molecule has 0 saturated carbocycles. The summed E-state index contributed by atoms with van der Waals surface area (Å²) in [6.45, 7) is 3.17. The minimum Gasteiger partial charge on any atom is -0.326 e. The minimum atomic E-state index is -0.129. The van der Waals surface area contributed by atoms with Gasteiger partial charge in [0.1, 0.15) is 0 Å². The van der Waals surface area contributed by atoms with Gasteiger partial charge in [0, 0.05) is 30.7 Å². The van der Waals surface area contributed by atoms with Gasteiger partial charge in [0.15, 0.2) is 0 Å². The summed E-state index contributed by atoms with van der Waals surface area (Å²) in [6, 6.07) is 10.8. The van der Waals surface area contributed by atoms with Gasteiger partial charge in [-0.05, 0) is 41.8 Å². The van der Waals surface area contributed by atoms with E-state index in [1.54, 1.807) is 18.2 Å². The van der Waals surface area contributed by atoms with Crippen LogP contribution in [-0.2, 0) is 22.6 Å². The number of fused-ring (bicyclic) bond motifs is 1. The number of anilines is 2. The molecule has 1 heterocycles. The largest absolute Gasteiger partial charge is 0.326 e. The second kappa shape index (κ2) is 8.08. The van der Waals surface area contributed by atoms with Crippen molar-refractivity contribution in [2.75, 3.05) is 23.7 Å². The molecule has 0 saturated heterocycles. The van der Waals surface area contributed by atoms with E-state index < -0.39 is 0 Å². The van der Waals surface area contributed by atoms with E-state index in [1.807, 2.05) is 18.2 Å². The van der Waals surface area contributed by atoms with Gasteiger partial charge in [0.25, 0.3) is 0 Å². The van der Waals surface area contributed by atoms with Gasteiger partial charge in [-0.2, -0.15) is 0 Å². The second-order valence-electron chi connectivity index (χ2n) is 6.26. The zero-order chi connectivity index (χ0) is 18.7. The lowest BCUT2D eigenvalue weighted by Crippen LogP contribution is -2.37. The Hall–Kier alpha value is -2.08. The van der Waals surface area contributed by atoms with Gasteiger partial charge < -0.3 is 10.6 Å². The molecule has 0 atom stereocenters. The van der Waals surface area contributed by atoms with Gasteiger partial charge in [0.05, 0.1) is 17.3 Å². The highest BCUT2D eigenvalue weighted by Gasteiger charge is 2.21. The molecule has 2 aromatic carbocycles.